The van der Waals surface area contributed by atoms with Gasteiger partial charge in [0.25, 0.3) is 11.6 Å². The van der Waals surface area contributed by atoms with E-state index in [4.69, 9.17) is 4.74 Å². The number of hydrogen-bond donors (Lipinski definition) is 1. The Balaban J connectivity index is 1.60. The lowest BCUT2D eigenvalue weighted by atomic mass is 9.97. The first-order valence-corrected chi connectivity index (χ1v) is 8.65. The smallest absolute Gasteiger partial charge is 0.373 e. The van der Waals surface area contributed by atoms with Gasteiger partial charge in [-0.1, -0.05) is 30.3 Å². The minimum atomic E-state index is -4.62. The van der Waals surface area contributed by atoms with Gasteiger partial charge in [-0.15, -0.1) is 5.10 Å². The van der Waals surface area contributed by atoms with Gasteiger partial charge in [0.2, 0.25) is 0 Å². The highest BCUT2D eigenvalue weighted by Crippen LogP contribution is 2.31. The molecule has 3 heterocycles. The fourth-order valence-electron chi connectivity index (χ4n) is 3.25. The molecule has 2 aromatic heterocycles. The van der Waals surface area contributed by atoms with E-state index in [1.54, 1.807) is 13.0 Å². The van der Waals surface area contributed by atoms with Crippen LogP contribution in [0.4, 0.5) is 19.0 Å². The highest BCUT2D eigenvalue weighted by atomic mass is 19.4. The first kappa shape index (κ1) is 17.7. The van der Waals surface area contributed by atoms with Crippen molar-refractivity contribution in [3.05, 3.63) is 53.5 Å². The van der Waals surface area contributed by atoms with Gasteiger partial charge in [-0.25, -0.2) is 4.98 Å². The van der Waals surface area contributed by atoms with Crippen LogP contribution in [0.5, 0.6) is 0 Å². The van der Waals surface area contributed by atoms with Crippen molar-refractivity contribution in [2.45, 2.75) is 38.1 Å². The second kappa shape index (κ2) is 6.80. The van der Waals surface area contributed by atoms with Gasteiger partial charge < -0.3 is 10.1 Å². The molecule has 4 rings (SSSR count). The van der Waals surface area contributed by atoms with Crippen molar-refractivity contribution in [2.24, 2.45) is 0 Å². The highest BCUT2D eigenvalue weighted by Gasteiger charge is 2.37. The molecule has 1 aromatic carbocycles. The molecule has 27 heavy (non-hydrogen) atoms. The number of benzene rings is 1. The van der Waals surface area contributed by atoms with E-state index in [0.717, 1.165) is 16.5 Å². The summed E-state index contributed by atoms with van der Waals surface area (Å²) < 4.78 is 45.8. The van der Waals surface area contributed by atoms with Crippen molar-refractivity contribution in [1.29, 1.82) is 0 Å². The molecule has 0 bridgehead atoms. The summed E-state index contributed by atoms with van der Waals surface area (Å²) in [5.74, 6) is -0.825. The summed E-state index contributed by atoms with van der Waals surface area (Å²) in [4.78, 5) is 7.56. The van der Waals surface area contributed by atoms with Crippen molar-refractivity contribution in [3.63, 3.8) is 0 Å². The maximum Gasteiger partial charge on any atom is 0.453 e. The number of rotatable bonds is 3. The van der Waals surface area contributed by atoms with Crippen molar-refractivity contribution >= 4 is 11.6 Å². The van der Waals surface area contributed by atoms with Crippen molar-refractivity contribution < 1.29 is 17.9 Å². The number of halogens is 3. The Morgan fingerprint density at radius 2 is 1.96 bits per heavy atom. The Labute approximate surface area is 153 Å². The lowest BCUT2D eigenvalue weighted by molar-refractivity contribution is -0.144. The van der Waals surface area contributed by atoms with Crippen LogP contribution in [0.15, 0.2) is 36.4 Å². The van der Waals surface area contributed by atoms with E-state index in [-0.39, 0.29) is 17.9 Å². The first-order valence-electron chi connectivity index (χ1n) is 8.65. The monoisotopic (exact) mass is 377 g/mol. The largest absolute Gasteiger partial charge is 0.453 e. The molecule has 0 amide bonds. The number of aryl methyl sites for hydroxylation is 1. The molecule has 142 valence electrons. The van der Waals surface area contributed by atoms with Gasteiger partial charge in [0, 0.05) is 24.4 Å². The molecule has 1 saturated heterocycles. The molecule has 1 fully saturated rings. The number of aromatic nitrogens is 4. The van der Waals surface area contributed by atoms with Crippen LogP contribution in [0.1, 0.15) is 36.0 Å². The molecule has 1 N–H and O–H groups in total. The lowest BCUT2D eigenvalue weighted by Crippen LogP contribution is -2.31. The predicted molar refractivity (Wildman–Crippen MR) is 92.3 cm³/mol. The molecule has 9 heteroatoms. The van der Waals surface area contributed by atoms with Crippen LogP contribution in [0.2, 0.25) is 0 Å². The molecule has 6 nitrogen and oxygen atoms in total. The summed E-state index contributed by atoms with van der Waals surface area (Å²) >= 11 is 0. The minimum Gasteiger partial charge on any atom is -0.373 e. The van der Waals surface area contributed by atoms with Gasteiger partial charge in [-0.05, 0) is 25.3 Å². The third-order valence-electron chi connectivity index (χ3n) is 4.50. The molecular formula is C18H18F3N5O. The van der Waals surface area contributed by atoms with Gasteiger partial charge in [-0.3, -0.25) is 0 Å². The molecule has 0 radical (unpaired) electrons. The van der Waals surface area contributed by atoms with E-state index in [0.29, 0.717) is 24.5 Å². The summed E-state index contributed by atoms with van der Waals surface area (Å²) in [6.07, 6.45) is -3.23. The molecule has 3 aromatic rings. The fourth-order valence-corrected chi connectivity index (χ4v) is 3.25. The van der Waals surface area contributed by atoms with Crippen molar-refractivity contribution in [3.8, 4) is 0 Å². The maximum atomic E-state index is 13.0. The third-order valence-corrected chi connectivity index (χ3v) is 4.50. The number of anilines is 1. The molecule has 1 aliphatic rings. The zero-order valence-corrected chi connectivity index (χ0v) is 14.6. The number of fused-ring (bicyclic) bond motifs is 1. The van der Waals surface area contributed by atoms with Gasteiger partial charge in [0.15, 0.2) is 0 Å². The molecule has 0 aliphatic carbocycles. The molecule has 0 saturated carbocycles. The zero-order chi connectivity index (χ0) is 19.0. The Morgan fingerprint density at radius 3 is 2.70 bits per heavy atom. The van der Waals surface area contributed by atoms with Crippen molar-refractivity contribution in [2.75, 3.05) is 11.9 Å². The topological polar surface area (TPSA) is 64.3 Å². The Morgan fingerprint density at radius 1 is 1.19 bits per heavy atom. The third kappa shape index (κ3) is 3.73. The summed E-state index contributed by atoms with van der Waals surface area (Å²) in [5, 5.41) is 6.89. The second-order valence-corrected chi connectivity index (χ2v) is 6.56. The van der Waals surface area contributed by atoms with E-state index in [1.165, 1.54) is 0 Å². The van der Waals surface area contributed by atoms with E-state index in [2.05, 4.69) is 20.4 Å². The summed E-state index contributed by atoms with van der Waals surface area (Å²) in [6, 6.07) is 11.6. The molecule has 2 atom stereocenters. The van der Waals surface area contributed by atoms with Crippen LogP contribution in [-0.2, 0) is 10.9 Å². The standard InChI is InChI=1S/C18H18F3N5O/c1-11-9-15(26-17(22-11)24-16(25-26)18(19,20)21)23-13-7-8-27-14(10-13)12-5-3-2-4-6-12/h2-6,9,13-14,23H,7-8,10H2,1H3. The van der Waals surface area contributed by atoms with Crippen LogP contribution in [0.25, 0.3) is 5.78 Å². The number of nitrogens with zero attached hydrogens (tertiary/aromatic N) is 4. The van der Waals surface area contributed by atoms with Crippen LogP contribution in [0.3, 0.4) is 0 Å². The number of hydrogen-bond acceptors (Lipinski definition) is 5. The quantitative estimate of drug-likeness (QED) is 0.753. The highest BCUT2D eigenvalue weighted by molar-refractivity contribution is 5.46. The average Bonchev–Trinajstić information content (AvgIpc) is 3.07. The fraction of sp³-hybridized carbons (Fsp3) is 0.389. The van der Waals surface area contributed by atoms with Gasteiger partial charge in [0.1, 0.15) is 5.82 Å². The van der Waals surface area contributed by atoms with Gasteiger partial charge >= 0.3 is 6.18 Å². The number of ether oxygens (including phenoxy) is 1. The maximum absolute atomic E-state index is 13.0. The van der Waals surface area contributed by atoms with Crippen LogP contribution >= 0.6 is 0 Å². The van der Waals surface area contributed by atoms with Crippen LogP contribution in [0, 0.1) is 6.92 Å². The minimum absolute atomic E-state index is 0.0347. The Bertz CT molecular complexity index is 941. The molecule has 2 unspecified atom stereocenters. The van der Waals surface area contributed by atoms with E-state index in [9.17, 15) is 13.2 Å². The average molecular weight is 377 g/mol. The normalized spacial score (nSPS) is 20.7. The summed E-state index contributed by atoms with van der Waals surface area (Å²) in [7, 11) is 0. The number of nitrogens with one attached hydrogen (secondary N) is 1. The summed E-state index contributed by atoms with van der Waals surface area (Å²) in [6.45, 7) is 2.28. The Hall–Kier alpha value is -2.68. The number of alkyl halides is 3. The van der Waals surface area contributed by atoms with Crippen LogP contribution in [-0.4, -0.2) is 32.2 Å². The predicted octanol–water partition coefficient (Wildman–Crippen LogP) is 3.78. The molecule has 1 aliphatic heterocycles. The molecular weight excluding hydrogens is 359 g/mol. The first-order chi connectivity index (χ1) is 12.9. The van der Waals surface area contributed by atoms with E-state index in [1.807, 2.05) is 30.3 Å². The summed E-state index contributed by atoms with van der Waals surface area (Å²) in [5.41, 5.74) is 1.65. The van der Waals surface area contributed by atoms with E-state index >= 15 is 0 Å². The second-order valence-electron chi connectivity index (χ2n) is 6.56. The molecule has 0 spiro atoms. The lowest BCUT2D eigenvalue weighted by Gasteiger charge is -2.31. The van der Waals surface area contributed by atoms with Gasteiger partial charge in [0.05, 0.1) is 6.10 Å². The van der Waals surface area contributed by atoms with Gasteiger partial charge in [-0.2, -0.15) is 22.7 Å². The zero-order valence-electron chi connectivity index (χ0n) is 14.6. The van der Waals surface area contributed by atoms with Crippen LogP contribution < -0.4 is 5.32 Å². The SMILES string of the molecule is Cc1cc(NC2CCOC(c3ccccc3)C2)n2nc(C(F)(F)F)nc2n1. The Kier molecular flexibility index (Phi) is 4.47. The van der Waals surface area contributed by atoms with Crippen molar-refractivity contribution in [1.82, 2.24) is 19.6 Å². The van der Waals surface area contributed by atoms with E-state index < -0.39 is 12.0 Å².